The predicted molar refractivity (Wildman–Crippen MR) is 114 cm³/mol. The summed E-state index contributed by atoms with van der Waals surface area (Å²) in [6.07, 6.45) is 1.69. The van der Waals surface area contributed by atoms with Gasteiger partial charge in [-0.2, -0.15) is 4.98 Å². The van der Waals surface area contributed by atoms with E-state index < -0.39 is 0 Å². The molecule has 0 spiro atoms. The van der Waals surface area contributed by atoms with E-state index in [1.807, 2.05) is 28.8 Å². The van der Waals surface area contributed by atoms with Crippen molar-refractivity contribution in [3.05, 3.63) is 49.6 Å². The van der Waals surface area contributed by atoms with Crippen molar-refractivity contribution in [1.82, 2.24) is 18.7 Å². The van der Waals surface area contributed by atoms with Gasteiger partial charge in [0.05, 0.1) is 0 Å². The number of hydrogen-bond acceptors (Lipinski definition) is 4. The summed E-state index contributed by atoms with van der Waals surface area (Å²) in [5.41, 5.74) is 1.45. The van der Waals surface area contributed by atoms with Crippen LogP contribution in [-0.4, -0.2) is 25.2 Å². The van der Waals surface area contributed by atoms with Crippen LogP contribution in [-0.2, 0) is 20.1 Å². The molecular formula is C20H24BrN5O2. The number of rotatable bonds is 4. The van der Waals surface area contributed by atoms with Crippen molar-refractivity contribution in [3.8, 4) is 0 Å². The second-order valence-corrected chi connectivity index (χ2v) is 8.61. The second kappa shape index (κ2) is 7.24. The standard InChI is InChI=1S/C20H24BrN5O2/c1-13(2)9-12-26-18(27)16-17(23(3)20(26)28)22-19-24(10-4-11-25(16)19)15-7-5-14(21)6-8-15/h5-8,13H,4,9-12H2,1-3H3. The zero-order valence-electron chi connectivity index (χ0n) is 16.4. The largest absolute Gasteiger partial charge is 0.332 e. The summed E-state index contributed by atoms with van der Waals surface area (Å²) in [5, 5.41) is 0. The van der Waals surface area contributed by atoms with Crippen molar-refractivity contribution in [2.45, 2.75) is 39.8 Å². The molecule has 0 atom stereocenters. The first-order chi connectivity index (χ1) is 13.4. The molecule has 1 aliphatic rings. The van der Waals surface area contributed by atoms with Crippen LogP contribution >= 0.6 is 15.9 Å². The summed E-state index contributed by atoms with van der Waals surface area (Å²) in [6, 6.07) is 8.04. The van der Waals surface area contributed by atoms with Gasteiger partial charge < -0.3 is 9.47 Å². The van der Waals surface area contributed by atoms with Crippen LogP contribution < -0.4 is 16.1 Å². The zero-order valence-corrected chi connectivity index (χ0v) is 17.9. The van der Waals surface area contributed by atoms with Crippen molar-refractivity contribution in [3.63, 3.8) is 0 Å². The fourth-order valence-electron chi connectivity index (χ4n) is 3.71. The summed E-state index contributed by atoms with van der Waals surface area (Å²) >= 11 is 3.47. The Hall–Kier alpha value is -2.35. The van der Waals surface area contributed by atoms with E-state index in [4.69, 9.17) is 4.98 Å². The number of anilines is 2. The molecular weight excluding hydrogens is 422 g/mol. The zero-order chi connectivity index (χ0) is 20.0. The third-order valence-electron chi connectivity index (χ3n) is 5.29. The molecule has 4 rings (SSSR count). The molecule has 8 heteroatoms. The summed E-state index contributed by atoms with van der Waals surface area (Å²) in [4.78, 5) is 32.8. The van der Waals surface area contributed by atoms with Crippen molar-refractivity contribution < 1.29 is 0 Å². The lowest BCUT2D eigenvalue weighted by Crippen LogP contribution is -2.40. The molecule has 148 valence electrons. The third kappa shape index (κ3) is 3.09. The molecule has 3 aromatic rings. The lowest BCUT2D eigenvalue weighted by Gasteiger charge is -2.29. The Morgan fingerprint density at radius 3 is 2.54 bits per heavy atom. The van der Waals surface area contributed by atoms with E-state index in [0.717, 1.165) is 42.0 Å². The SMILES string of the molecule is CC(C)CCn1c(=O)c2c(nc3n2CCCN3c2ccc(Br)cc2)n(C)c1=O. The van der Waals surface area contributed by atoms with Gasteiger partial charge in [0.1, 0.15) is 0 Å². The number of halogens is 1. The molecule has 0 radical (unpaired) electrons. The third-order valence-corrected chi connectivity index (χ3v) is 5.81. The molecule has 2 aromatic heterocycles. The lowest BCUT2D eigenvalue weighted by atomic mass is 10.1. The van der Waals surface area contributed by atoms with Crippen LogP contribution in [0.3, 0.4) is 0 Å². The van der Waals surface area contributed by atoms with Crippen LogP contribution in [0, 0.1) is 5.92 Å². The first kappa shape index (κ1) is 19.0. The molecule has 7 nitrogen and oxygen atoms in total. The fourth-order valence-corrected chi connectivity index (χ4v) is 3.98. The monoisotopic (exact) mass is 445 g/mol. The number of aryl methyl sites for hydroxylation is 2. The number of fused-ring (bicyclic) bond motifs is 3. The Kier molecular flexibility index (Phi) is 4.91. The van der Waals surface area contributed by atoms with E-state index in [-0.39, 0.29) is 11.2 Å². The molecule has 0 saturated carbocycles. The highest BCUT2D eigenvalue weighted by Gasteiger charge is 2.26. The van der Waals surface area contributed by atoms with Crippen LogP contribution in [0.15, 0.2) is 38.3 Å². The molecule has 1 aliphatic heterocycles. The maximum absolute atomic E-state index is 13.2. The number of aromatic nitrogens is 4. The maximum Gasteiger partial charge on any atom is 0.332 e. The number of hydrogen-bond donors (Lipinski definition) is 0. The van der Waals surface area contributed by atoms with Crippen molar-refractivity contribution in [1.29, 1.82) is 0 Å². The second-order valence-electron chi connectivity index (χ2n) is 7.70. The van der Waals surface area contributed by atoms with Gasteiger partial charge >= 0.3 is 5.69 Å². The minimum Gasteiger partial charge on any atom is -0.312 e. The Morgan fingerprint density at radius 2 is 1.86 bits per heavy atom. The average Bonchev–Trinajstić information content (AvgIpc) is 3.06. The van der Waals surface area contributed by atoms with Crippen LogP contribution in [0.2, 0.25) is 0 Å². The van der Waals surface area contributed by atoms with Crippen LogP contribution in [0.4, 0.5) is 11.6 Å². The topological polar surface area (TPSA) is 65.1 Å². The van der Waals surface area contributed by atoms with Crippen molar-refractivity contribution >= 4 is 38.7 Å². The number of benzene rings is 1. The molecule has 0 bridgehead atoms. The quantitative estimate of drug-likeness (QED) is 0.617. The first-order valence-corrected chi connectivity index (χ1v) is 10.4. The molecule has 28 heavy (non-hydrogen) atoms. The lowest BCUT2D eigenvalue weighted by molar-refractivity contribution is 0.487. The number of nitrogens with zero attached hydrogens (tertiary/aromatic N) is 5. The van der Waals surface area contributed by atoms with Crippen LogP contribution in [0.5, 0.6) is 0 Å². The molecule has 0 amide bonds. The molecule has 0 N–H and O–H groups in total. The van der Waals surface area contributed by atoms with Gasteiger partial charge in [0.15, 0.2) is 11.2 Å². The van der Waals surface area contributed by atoms with Gasteiger partial charge in [-0.05, 0) is 43.0 Å². The normalized spacial score (nSPS) is 14.1. The Bertz CT molecular complexity index is 1140. The summed E-state index contributed by atoms with van der Waals surface area (Å²) in [7, 11) is 1.69. The predicted octanol–water partition coefficient (Wildman–Crippen LogP) is 3.25. The maximum atomic E-state index is 13.2. The Balaban J connectivity index is 1.91. The Labute approximate surface area is 171 Å². The van der Waals surface area contributed by atoms with Crippen LogP contribution in [0.25, 0.3) is 11.2 Å². The first-order valence-electron chi connectivity index (χ1n) is 9.61. The Morgan fingerprint density at radius 1 is 1.14 bits per heavy atom. The van der Waals surface area contributed by atoms with E-state index in [9.17, 15) is 9.59 Å². The highest BCUT2D eigenvalue weighted by atomic mass is 79.9. The van der Waals surface area contributed by atoms with Gasteiger partial charge in [-0.3, -0.25) is 13.9 Å². The van der Waals surface area contributed by atoms with Gasteiger partial charge in [-0.1, -0.05) is 29.8 Å². The van der Waals surface area contributed by atoms with E-state index in [1.165, 1.54) is 9.13 Å². The molecule has 0 unspecified atom stereocenters. The molecule has 3 heterocycles. The average molecular weight is 446 g/mol. The number of imidazole rings is 1. The highest BCUT2D eigenvalue weighted by Crippen LogP contribution is 2.31. The van der Waals surface area contributed by atoms with Crippen molar-refractivity contribution in [2.24, 2.45) is 13.0 Å². The molecule has 0 fully saturated rings. The molecule has 1 aromatic carbocycles. The van der Waals surface area contributed by atoms with E-state index in [0.29, 0.717) is 23.6 Å². The summed E-state index contributed by atoms with van der Waals surface area (Å²) in [5.74, 6) is 1.14. The van der Waals surface area contributed by atoms with E-state index in [2.05, 4.69) is 34.7 Å². The van der Waals surface area contributed by atoms with Gasteiger partial charge in [0.2, 0.25) is 5.95 Å². The van der Waals surface area contributed by atoms with Gasteiger partial charge in [-0.25, -0.2) is 4.79 Å². The van der Waals surface area contributed by atoms with E-state index in [1.54, 1.807) is 7.05 Å². The van der Waals surface area contributed by atoms with Crippen LogP contribution in [0.1, 0.15) is 26.7 Å². The van der Waals surface area contributed by atoms with Crippen molar-refractivity contribution in [2.75, 3.05) is 11.4 Å². The molecule has 0 aliphatic carbocycles. The van der Waals surface area contributed by atoms with Gasteiger partial charge in [0, 0.05) is 36.8 Å². The summed E-state index contributed by atoms with van der Waals surface area (Å²) in [6.45, 7) is 6.14. The van der Waals surface area contributed by atoms with E-state index >= 15 is 0 Å². The minimum absolute atomic E-state index is 0.241. The van der Waals surface area contributed by atoms with Gasteiger partial charge in [-0.15, -0.1) is 0 Å². The minimum atomic E-state index is -0.302. The molecule has 0 saturated heterocycles. The highest BCUT2D eigenvalue weighted by molar-refractivity contribution is 9.10. The van der Waals surface area contributed by atoms with Gasteiger partial charge in [0.25, 0.3) is 5.56 Å². The smallest absolute Gasteiger partial charge is 0.312 e. The summed E-state index contributed by atoms with van der Waals surface area (Å²) < 4.78 is 5.84. The fraction of sp³-hybridized carbons (Fsp3) is 0.450.